The Morgan fingerprint density at radius 2 is 2.16 bits per heavy atom. The molecule has 2 atom stereocenters. The summed E-state index contributed by atoms with van der Waals surface area (Å²) >= 11 is 11.4. The zero-order valence-corrected chi connectivity index (χ0v) is 14.3. The number of thiophene rings is 2. The maximum Gasteiger partial charge on any atom is 0.0931 e. The van der Waals surface area contributed by atoms with Gasteiger partial charge in [0.2, 0.25) is 0 Å². The minimum absolute atomic E-state index is 0.279. The molecule has 0 fully saturated rings. The molecule has 0 bridgehead atoms. The second-order valence-electron chi connectivity index (χ2n) is 4.56. The average Bonchev–Trinajstić information content (AvgIpc) is 3.02. The van der Waals surface area contributed by atoms with Crippen molar-refractivity contribution in [2.45, 2.75) is 13.0 Å². The number of hydrogen-bond donors (Lipinski definition) is 1. The first kappa shape index (κ1) is 15.4. The molecule has 104 valence electrons. The Morgan fingerprint density at radius 3 is 2.74 bits per heavy atom. The van der Waals surface area contributed by atoms with E-state index in [1.165, 1.54) is 15.5 Å². The second kappa shape index (κ2) is 7.70. The minimum atomic E-state index is 0.279. The van der Waals surface area contributed by atoms with Gasteiger partial charge < -0.3 is 5.32 Å². The largest absolute Gasteiger partial charge is 0.305 e. The Labute approximate surface area is 132 Å². The third kappa shape index (κ3) is 4.50. The summed E-state index contributed by atoms with van der Waals surface area (Å²) in [5, 5.41) is 5.81. The topological polar surface area (TPSA) is 12.0 Å². The van der Waals surface area contributed by atoms with E-state index >= 15 is 0 Å². The number of thioether (sulfide) groups is 1. The smallest absolute Gasteiger partial charge is 0.0931 e. The summed E-state index contributed by atoms with van der Waals surface area (Å²) in [7, 11) is 0. The van der Waals surface area contributed by atoms with E-state index < -0.39 is 0 Å². The molecule has 0 aliphatic carbocycles. The maximum atomic E-state index is 6.07. The van der Waals surface area contributed by atoms with E-state index in [1.807, 2.05) is 17.8 Å². The molecule has 0 aliphatic rings. The highest BCUT2D eigenvalue weighted by molar-refractivity contribution is 7.98. The van der Waals surface area contributed by atoms with Crippen molar-refractivity contribution >= 4 is 46.0 Å². The van der Waals surface area contributed by atoms with Gasteiger partial charge in [-0.05, 0) is 48.1 Å². The van der Waals surface area contributed by atoms with Crippen molar-refractivity contribution < 1.29 is 0 Å². The molecule has 19 heavy (non-hydrogen) atoms. The monoisotopic (exact) mass is 331 g/mol. The lowest BCUT2D eigenvalue weighted by Gasteiger charge is -2.19. The summed E-state index contributed by atoms with van der Waals surface area (Å²) in [6.07, 6.45) is 2.16. The Hall–Kier alpha value is -0.0000000000000000278. The van der Waals surface area contributed by atoms with Crippen molar-refractivity contribution in [1.82, 2.24) is 5.32 Å². The Kier molecular flexibility index (Phi) is 6.23. The molecule has 2 rings (SSSR count). The van der Waals surface area contributed by atoms with Crippen LogP contribution in [0.25, 0.3) is 0 Å². The molecule has 1 N–H and O–H groups in total. The number of nitrogens with one attached hydrogen (secondary N) is 1. The van der Waals surface area contributed by atoms with Crippen LogP contribution in [0.2, 0.25) is 4.34 Å². The zero-order valence-electron chi connectivity index (χ0n) is 11.1. The molecule has 0 saturated heterocycles. The van der Waals surface area contributed by atoms with E-state index in [0.717, 1.165) is 10.9 Å². The highest BCUT2D eigenvalue weighted by Gasteiger charge is 2.17. The molecular weight excluding hydrogens is 314 g/mol. The fraction of sp³-hybridized carbons (Fsp3) is 0.429. The van der Waals surface area contributed by atoms with Crippen LogP contribution in [0.3, 0.4) is 0 Å². The van der Waals surface area contributed by atoms with Crippen LogP contribution in [0.1, 0.15) is 22.7 Å². The van der Waals surface area contributed by atoms with Crippen molar-refractivity contribution in [3.05, 3.63) is 43.7 Å². The molecule has 2 aromatic rings. The van der Waals surface area contributed by atoms with Crippen LogP contribution in [0, 0.1) is 5.92 Å². The van der Waals surface area contributed by atoms with E-state index in [-0.39, 0.29) is 6.04 Å². The summed E-state index contributed by atoms with van der Waals surface area (Å²) < 4.78 is 0.857. The molecule has 1 nitrogen and oxygen atoms in total. The van der Waals surface area contributed by atoms with Crippen LogP contribution in [-0.4, -0.2) is 18.6 Å². The fourth-order valence-electron chi connectivity index (χ4n) is 1.94. The quantitative estimate of drug-likeness (QED) is 0.753. The van der Waals surface area contributed by atoms with Gasteiger partial charge in [-0.1, -0.05) is 24.6 Å². The molecular formula is C14H18ClNS3. The molecule has 0 aliphatic heterocycles. The van der Waals surface area contributed by atoms with E-state index in [9.17, 15) is 0 Å². The Bertz CT molecular complexity index is 481. The molecule has 2 aromatic heterocycles. The van der Waals surface area contributed by atoms with Gasteiger partial charge in [0.05, 0.1) is 10.4 Å². The van der Waals surface area contributed by atoms with Crippen molar-refractivity contribution in [3.63, 3.8) is 0 Å². The zero-order chi connectivity index (χ0) is 13.7. The third-order valence-corrected chi connectivity index (χ3v) is 5.96. The molecule has 0 amide bonds. The average molecular weight is 332 g/mol. The van der Waals surface area contributed by atoms with Gasteiger partial charge in [0, 0.05) is 9.75 Å². The lowest BCUT2D eigenvalue weighted by atomic mass is 10.1. The number of hydrogen-bond acceptors (Lipinski definition) is 4. The highest BCUT2D eigenvalue weighted by Crippen LogP contribution is 2.33. The summed E-state index contributed by atoms with van der Waals surface area (Å²) in [5.41, 5.74) is 0. The van der Waals surface area contributed by atoms with E-state index in [1.54, 1.807) is 22.7 Å². The SMILES string of the molecule is CSCC(C)CNC(c1cccs1)c1ccc(Cl)s1. The minimum Gasteiger partial charge on any atom is -0.305 e. The van der Waals surface area contributed by atoms with Gasteiger partial charge in [-0.15, -0.1) is 22.7 Å². The van der Waals surface area contributed by atoms with Gasteiger partial charge in [0.15, 0.2) is 0 Å². The van der Waals surface area contributed by atoms with Crippen LogP contribution >= 0.6 is 46.0 Å². The van der Waals surface area contributed by atoms with Gasteiger partial charge in [-0.3, -0.25) is 0 Å². The predicted molar refractivity (Wildman–Crippen MR) is 91.0 cm³/mol. The van der Waals surface area contributed by atoms with E-state index in [2.05, 4.69) is 42.1 Å². The Morgan fingerprint density at radius 1 is 1.32 bits per heavy atom. The van der Waals surface area contributed by atoms with Gasteiger partial charge >= 0.3 is 0 Å². The lowest BCUT2D eigenvalue weighted by molar-refractivity contribution is 0.526. The van der Waals surface area contributed by atoms with Gasteiger partial charge in [-0.2, -0.15) is 11.8 Å². The van der Waals surface area contributed by atoms with Crippen LogP contribution in [-0.2, 0) is 0 Å². The summed E-state index contributed by atoms with van der Waals surface area (Å²) in [4.78, 5) is 2.65. The predicted octanol–water partition coefficient (Wildman–Crippen LogP) is 5.14. The lowest BCUT2D eigenvalue weighted by Crippen LogP contribution is -2.27. The molecule has 2 heterocycles. The first-order chi connectivity index (χ1) is 9.20. The molecule has 0 spiro atoms. The normalized spacial score (nSPS) is 14.5. The fourth-order valence-corrected chi connectivity index (χ4v) is 4.68. The van der Waals surface area contributed by atoms with Crippen LogP contribution in [0.4, 0.5) is 0 Å². The number of halogens is 1. The van der Waals surface area contributed by atoms with Crippen molar-refractivity contribution in [2.24, 2.45) is 5.92 Å². The molecule has 5 heteroatoms. The molecule has 0 aromatic carbocycles. The first-order valence-corrected chi connectivity index (χ1v) is 9.68. The molecule has 2 unspecified atom stereocenters. The number of rotatable bonds is 7. The van der Waals surface area contributed by atoms with Gasteiger partial charge in [0.1, 0.15) is 0 Å². The van der Waals surface area contributed by atoms with E-state index in [0.29, 0.717) is 5.92 Å². The van der Waals surface area contributed by atoms with Gasteiger partial charge in [-0.25, -0.2) is 0 Å². The van der Waals surface area contributed by atoms with Gasteiger partial charge in [0.25, 0.3) is 0 Å². The van der Waals surface area contributed by atoms with Crippen molar-refractivity contribution in [2.75, 3.05) is 18.6 Å². The maximum absolute atomic E-state index is 6.07. The van der Waals surface area contributed by atoms with Crippen LogP contribution in [0.5, 0.6) is 0 Å². The summed E-state index contributed by atoms with van der Waals surface area (Å²) in [6.45, 7) is 3.31. The standard InChI is InChI=1S/C14H18ClNS3/c1-10(9-17-2)8-16-14(11-4-3-7-18-11)12-5-6-13(15)19-12/h3-7,10,14,16H,8-9H2,1-2H3. The first-order valence-electron chi connectivity index (χ1n) is 6.21. The summed E-state index contributed by atoms with van der Waals surface area (Å²) in [6, 6.07) is 8.69. The van der Waals surface area contributed by atoms with Crippen LogP contribution < -0.4 is 5.32 Å². The highest BCUT2D eigenvalue weighted by atomic mass is 35.5. The van der Waals surface area contributed by atoms with Crippen molar-refractivity contribution in [1.29, 1.82) is 0 Å². The van der Waals surface area contributed by atoms with Crippen LogP contribution in [0.15, 0.2) is 29.6 Å². The van der Waals surface area contributed by atoms with Crippen molar-refractivity contribution in [3.8, 4) is 0 Å². The third-order valence-electron chi connectivity index (χ3n) is 2.83. The molecule has 0 saturated carbocycles. The molecule has 0 radical (unpaired) electrons. The van der Waals surface area contributed by atoms with E-state index in [4.69, 9.17) is 11.6 Å². The Balaban J connectivity index is 2.07. The summed E-state index contributed by atoms with van der Waals surface area (Å²) in [5.74, 6) is 1.86. The second-order valence-corrected chi connectivity index (χ2v) is 8.20.